The molecule has 0 aliphatic carbocycles. The topological polar surface area (TPSA) is 31.6 Å². The molecule has 0 aliphatic heterocycles. The van der Waals surface area contributed by atoms with E-state index in [-0.39, 0.29) is 0 Å². The van der Waals surface area contributed by atoms with Crippen molar-refractivity contribution in [3.8, 4) is 11.1 Å². The first-order chi connectivity index (χ1) is 4.97. The minimum absolute atomic E-state index is 1.22. The molecule has 2 rings (SSSR count). The van der Waals surface area contributed by atoms with Gasteiger partial charge in [-0.15, -0.1) is 0 Å². The maximum absolute atomic E-state index is 3.00. The van der Waals surface area contributed by atoms with E-state index >= 15 is 0 Å². The fraction of sp³-hybridized carbons (Fsp3) is 0. The standard InChI is InChI=1S/C8H8N2/c1-3-9-5-7(1)8-2-4-10-6-8/h1-6,9-10H. The number of rotatable bonds is 1. The zero-order valence-corrected chi connectivity index (χ0v) is 5.46. The van der Waals surface area contributed by atoms with E-state index in [1.807, 2.05) is 36.9 Å². The van der Waals surface area contributed by atoms with Gasteiger partial charge in [-0.2, -0.15) is 0 Å². The summed E-state index contributed by atoms with van der Waals surface area (Å²) in [5, 5.41) is 0. The summed E-state index contributed by atoms with van der Waals surface area (Å²) in [6, 6.07) is 4.09. The molecule has 2 aromatic heterocycles. The average molecular weight is 132 g/mol. The second-order valence-electron chi connectivity index (χ2n) is 2.20. The smallest absolute Gasteiger partial charge is 0.00847 e. The Kier molecular flexibility index (Phi) is 1.10. The third kappa shape index (κ3) is 0.739. The quantitative estimate of drug-likeness (QED) is 0.594. The lowest BCUT2D eigenvalue weighted by atomic mass is 10.2. The largest absolute Gasteiger partial charge is 0.367 e. The van der Waals surface area contributed by atoms with Crippen LogP contribution in [0.15, 0.2) is 36.9 Å². The minimum atomic E-state index is 1.22. The molecule has 2 N–H and O–H groups in total. The summed E-state index contributed by atoms with van der Waals surface area (Å²) in [7, 11) is 0. The number of aromatic amines is 2. The molecule has 0 amide bonds. The Balaban J connectivity index is 2.48. The van der Waals surface area contributed by atoms with Gasteiger partial charge in [-0.3, -0.25) is 0 Å². The highest BCUT2D eigenvalue weighted by Crippen LogP contribution is 2.16. The predicted octanol–water partition coefficient (Wildman–Crippen LogP) is 2.01. The highest BCUT2D eigenvalue weighted by atomic mass is 14.6. The fourth-order valence-corrected chi connectivity index (χ4v) is 1.01. The maximum Gasteiger partial charge on any atom is 0.00847 e. The van der Waals surface area contributed by atoms with Crippen molar-refractivity contribution in [2.45, 2.75) is 0 Å². The first-order valence-corrected chi connectivity index (χ1v) is 3.23. The van der Waals surface area contributed by atoms with Crippen molar-refractivity contribution in [1.29, 1.82) is 0 Å². The summed E-state index contributed by atoms with van der Waals surface area (Å²) in [5.41, 5.74) is 2.45. The van der Waals surface area contributed by atoms with Crippen LogP contribution in [-0.4, -0.2) is 9.97 Å². The Bertz CT molecular complexity index is 247. The number of H-pyrrole nitrogens is 2. The van der Waals surface area contributed by atoms with Gasteiger partial charge >= 0.3 is 0 Å². The van der Waals surface area contributed by atoms with Crippen molar-refractivity contribution in [3.63, 3.8) is 0 Å². The van der Waals surface area contributed by atoms with E-state index in [4.69, 9.17) is 0 Å². The van der Waals surface area contributed by atoms with Crippen molar-refractivity contribution < 1.29 is 0 Å². The van der Waals surface area contributed by atoms with Crippen LogP contribution in [0, 0.1) is 0 Å². The normalized spacial score (nSPS) is 10.0. The van der Waals surface area contributed by atoms with E-state index in [1.165, 1.54) is 11.1 Å². The van der Waals surface area contributed by atoms with Crippen molar-refractivity contribution in [2.75, 3.05) is 0 Å². The molecule has 10 heavy (non-hydrogen) atoms. The number of hydrogen-bond donors (Lipinski definition) is 2. The van der Waals surface area contributed by atoms with E-state index in [0.29, 0.717) is 0 Å². The van der Waals surface area contributed by atoms with Crippen LogP contribution < -0.4 is 0 Å². The lowest BCUT2D eigenvalue weighted by Crippen LogP contribution is -1.63. The Morgan fingerprint density at radius 2 is 1.30 bits per heavy atom. The molecule has 0 radical (unpaired) electrons. The van der Waals surface area contributed by atoms with Crippen LogP contribution in [-0.2, 0) is 0 Å². The van der Waals surface area contributed by atoms with Gasteiger partial charge in [0.25, 0.3) is 0 Å². The lowest BCUT2D eigenvalue weighted by Gasteiger charge is -1.85. The van der Waals surface area contributed by atoms with Gasteiger partial charge in [0.1, 0.15) is 0 Å². The highest BCUT2D eigenvalue weighted by molar-refractivity contribution is 5.61. The maximum atomic E-state index is 3.00. The van der Waals surface area contributed by atoms with E-state index in [1.54, 1.807) is 0 Å². The van der Waals surface area contributed by atoms with Crippen LogP contribution in [0.2, 0.25) is 0 Å². The zero-order chi connectivity index (χ0) is 6.81. The van der Waals surface area contributed by atoms with Crippen LogP contribution >= 0.6 is 0 Å². The molecule has 0 atom stereocenters. The van der Waals surface area contributed by atoms with Gasteiger partial charge in [0, 0.05) is 35.9 Å². The number of aromatic nitrogens is 2. The van der Waals surface area contributed by atoms with Crippen molar-refractivity contribution in [3.05, 3.63) is 36.9 Å². The molecular formula is C8H8N2. The van der Waals surface area contributed by atoms with Crippen LogP contribution in [0.5, 0.6) is 0 Å². The van der Waals surface area contributed by atoms with Crippen LogP contribution in [0.4, 0.5) is 0 Å². The molecule has 0 saturated carbocycles. The third-order valence-electron chi connectivity index (χ3n) is 1.53. The Labute approximate surface area is 58.9 Å². The number of nitrogens with one attached hydrogen (secondary N) is 2. The van der Waals surface area contributed by atoms with Gasteiger partial charge in [-0.25, -0.2) is 0 Å². The summed E-state index contributed by atoms with van der Waals surface area (Å²) >= 11 is 0. The molecule has 0 fully saturated rings. The number of hydrogen-bond acceptors (Lipinski definition) is 0. The van der Waals surface area contributed by atoms with Crippen molar-refractivity contribution >= 4 is 0 Å². The molecular weight excluding hydrogens is 124 g/mol. The fourth-order valence-electron chi connectivity index (χ4n) is 1.01. The van der Waals surface area contributed by atoms with Gasteiger partial charge in [-0.05, 0) is 12.1 Å². The van der Waals surface area contributed by atoms with Gasteiger partial charge in [0.15, 0.2) is 0 Å². The first kappa shape index (κ1) is 5.35. The van der Waals surface area contributed by atoms with E-state index < -0.39 is 0 Å². The molecule has 0 aliphatic rings. The summed E-state index contributed by atoms with van der Waals surface area (Å²) in [6.45, 7) is 0. The highest BCUT2D eigenvalue weighted by Gasteiger charge is 1.94. The third-order valence-corrected chi connectivity index (χ3v) is 1.53. The molecule has 0 spiro atoms. The molecule has 0 saturated heterocycles. The van der Waals surface area contributed by atoms with E-state index in [0.717, 1.165) is 0 Å². The molecule has 2 heterocycles. The van der Waals surface area contributed by atoms with Gasteiger partial charge in [0.05, 0.1) is 0 Å². The van der Waals surface area contributed by atoms with Gasteiger partial charge in [-0.1, -0.05) is 0 Å². The molecule has 2 aromatic rings. The van der Waals surface area contributed by atoms with E-state index in [9.17, 15) is 0 Å². The predicted molar refractivity (Wildman–Crippen MR) is 40.6 cm³/mol. The molecule has 0 unspecified atom stereocenters. The summed E-state index contributed by atoms with van der Waals surface area (Å²) in [5.74, 6) is 0. The van der Waals surface area contributed by atoms with Crippen LogP contribution in [0.3, 0.4) is 0 Å². The van der Waals surface area contributed by atoms with Crippen molar-refractivity contribution in [2.24, 2.45) is 0 Å². The molecule has 0 bridgehead atoms. The van der Waals surface area contributed by atoms with Gasteiger partial charge < -0.3 is 9.97 Å². The van der Waals surface area contributed by atoms with E-state index in [2.05, 4.69) is 9.97 Å². The second kappa shape index (κ2) is 2.06. The molecule has 0 aromatic carbocycles. The first-order valence-electron chi connectivity index (χ1n) is 3.23. The average Bonchev–Trinajstić information content (AvgIpc) is 2.59. The molecule has 2 heteroatoms. The second-order valence-corrected chi connectivity index (χ2v) is 2.20. The SMILES string of the molecule is c1cc(-c2cc[nH]c2)c[nH]1. The monoisotopic (exact) mass is 132 g/mol. The Morgan fingerprint density at radius 3 is 1.60 bits per heavy atom. The van der Waals surface area contributed by atoms with Gasteiger partial charge in [0.2, 0.25) is 0 Å². The Morgan fingerprint density at radius 1 is 0.800 bits per heavy atom. The minimum Gasteiger partial charge on any atom is -0.367 e. The van der Waals surface area contributed by atoms with Crippen LogP contribution in [0.25, 0.3) is 11.1 Å². The summed E-state index contributed by atoms with van der Waals surface area (Å²) in [4.78, 5) is 6.01. The molecule has 50 valence electrons. The summed E-state index contributed by atoms with van der Waals surface area (Å²) in [6.07, 6.45) is 7.79. The zero-order valence-electron chi connectivity index (χ0n) is 5.46. The summed E-state index contributed by atoms with van der Waals surface area (Å²) < 4.78 is 0. The molecule has 2 nitrogen and oxygen atoms in total. The Hall–Kier alpha value is -1.44. The van der Waals surface area contributed by atoms with Crippen LogP contribution in [0.1, 0.15) is 0 Å². The van der Waals surface area contributed by atoms with Crippen molar-refractivity contribution in [1.82, 2.24) is 9.97 Å². The lowest BCUT2D eigenvalue weighted by molar-refractivity contribution is 1.41.